The molecule has 0 radical (unpaired) electrons. The number of amides is 2. The molecule has 19 heavy (non-hydrogen) atoms. The SMILES string of the molecule is CC(CN1CC(c2ccc(F)cc2)NC1=O)C(=O)O. The van der Waals surface area contributed by atoms with Gasteiger partial charge in [-0.05, 0) is 17.7 Å². The number of nitrogens with zero attached hydrogens (tertiary/aromatic N) is 1. The number of carbonyl (C=O) groups is 2. The molecular formula is C13H15FN2O3. The molecule has 0 spiro atoms. The summed E-state index contributed by atoms with van der Waals surface area (Å²) in [5.74, 6) is -1.87. The monoisotopic (exact) mass is 266 g/mol. The quantitative estimate of drug-likeness (QED) is 0.870. The van der Waals surface area contributed by atoms with Gasteiger partial charge in [0.2, 0.25) is 0 Å². The molecule has 1 heterocycles. The first kappa shape index (κ1) is 13.3. The molecule has 0 bridgehead atoms. The Morgan fingerprint density at radius 2 is 2.16 bits per heavy atom. The Labute approximate surface area is 110 Å². The topological polar surface area (TPSA) is 69.6 Å². The van der Waals surface area contributed by atoms with Gasteiger partial charge in [0.1, 0.15) is 5.82 Å². The average molecular weight is 266 g/mol. The van der Waals surface area contributed by atoms with Crippen molar-refractivity contribution in [3.8, 4) is 0 Å². The minimum absolute atomic E-state index is 0.166. The zero-order valence-electron chi connectivity index (χ0n) is 10.5. The van der Waals surface area contributed by atoms with Gasteiger partial charge in [0.05, 0.1) is 12.0 Å². The van der Waals surface area contributed by atoms with Crippen molar-refractivity contribution in [1.29, 1.82) is 0 Å². The number of aliphatic carboxylic acids is 1. The van der Waals surface area contributed by atoms with Crippen LogP contribution in [-0.4, -0.2) is 35.1 Å². The number of benzene rings is 1. The lowest BCUT2D eigenvalue weighted by molar-refractivity contribution is -0.141. The van der Waals surface area contributed by atoms with E-state index in [4.69, 9.17) is 5.11 Å². The summed E-state index contributed by atoms with van der Waals surface area (Å²) in [5.41, 5.74) is 0.806. The second kappa shape index (κ2) is 5.26. The zero-order chi connectivity index (χ0) is 14.0. The summed E-state index contributed by atoms with van der Waals surface area (Å²) in [5, 5.41) is 11.6. The van der Waals surface area contributed by atoms with E-state index in [-0.39, 0.29) is 24.4 Å². The second-order valence-electron chi connectivity index (χ2n) is 4.70. The van der Waals surface area contributed by atoms with E-state index < -0.39 is 11.9 Å². The Bertz CT molecular complexity index is 489. The highest BCUT2D eigenvalue weighted by Crippen LogP contribution is 2.21. The van der Waals surface area contributed by atoms with Crippen molar-refractivity contribution in [3.05, 3.63) is 35.6 Å². The van der Waals surface area contributed by atoms with Crippen molar-refractivity contribution in [2.75, 3.05) is 13.1 Å². The van der Waals surface area contributed by atoms with E-state index in [1.54, 1.807) is 19.1 Å². The lowest BCUT2D eigenvalue weighted by Crippen LogP contribution is -2.34. The fourth-order valence-electron chi connectivity index (χ4n) is 2.04. The molecule has 0 aromatic heterocycles. The molecule has 102 valence electrons. The maximum atomic E-state index is 12.8. The van der Waals surface area contributed by atoms with Crippen LogP contribution in [0.25, 0.3) is 0 Å². The Morgan fingerprint density at radius 3 is 2.74 bits per heavy atom. The predicted octanol–water partition coefficient (Wildman–Crippen LogP) is 1.61. The van der Waals surface area contributed by atoms with Crippen molar-refractivity contribution >= 4 is 12.0 Å². The van der Waals surface area contributed by atoms with Crippen molar-refractivity contribution in [3.63, 3.8) is 0 Å². The van der Waals surface area contributed by atoms with Gasteiger partial charge in [-0.25, -0.2) is 9.18 Å². The van der Waals surface area contributed by atoms with Crippen LogP contribution in [0.5, 0.6) is 0 Å². The third-order valence-corrected chi connectivity index (χ3v) is 3.18. The molecular weight excluding hydrogens is 251 g/mol. The van der Waals surface area contributed by atoms with Gasteiger partial charge in [0.15, 0.2) is 0 Å². The van der Waals surface area contributed by atoms with Gasteiger partial charge in [0, 0.05) is 13.1 Å². The summed E-state index contributed by atoms with van der Waals surface area (Å²) < 4.78 is 12.8. The molecule has 0 saturated carbocycles. The minimum Gasteiger partial charge on any atom is -0.481 e. The van der Waals surface area contributed by atoms with Crippen LogP contribution in [0, 0.1) is 11.7 Å². The summed E-state index contributed by atoms with van der Waals surface area (Å²) >= 11 is 0. The molecule has 2 rings (SSSR count). The number of nitrogens with one attached hydrogen (secondary N) is 1. The van der Waals surface area contributed by atoms with E-state index in [9.17, 15) is 14.0 Å². The van der Waals surface area contributed by atoms with Crippen LogP contribution in [0.2, 0.25) is 0 Å². The average Bonchev–Trinajstić information content (AvgIpc) is 2.71. The molecule has 2 amide bonds. The lowest BCUT2D eigenvalue weighted by atomic mass is 10.1. The molecule has 1 saturated heterocycles. The summed E-state index contributed by atoms with van der Waals surface area (Å²) in [6.07, 6.45) is 0. The maximum Gasteiger partial charge on any atom is 0.318 e. The number of urea groups is 1. The standard InChI is InChI=1S/C13H15FN2O3/c1-8(12(17)18)6-16-7-11(15-13(16)19)9-2-4-10(14)5-3-9/h2-5,8,11H,6-7H2,1H3,(H,15,19)(H,17,18). The summed E-state index contributed by atoms with van der Waals surface area (Å²) in [6.45, 7) is 2.11. The number of carboxylic acid groups (broad SMARTS) is 1. The zero-order valence-corrected chi connectivity index (χ0v) is 10.5. The smallest absolute Gasteiger partial charge is 0.318 e. The van der Waals surface area contributed by atoms with E-state index in [2.05, 4.69) is 5.32 Å². The van der Waals surface area contributed by atoms with Gasteiger partial charge in [-0.3, -0.25) is 4.79 Å². The minimum atomic E-state index is -0.932. The van der Waals surface area contributed by atoms with Crippen molar-refractivity contribution in [1.82, 2.24) is 10.2 Å². The second-order valence-corrected chi connectivity index (χ2v) is 4.70. The number of carboxylic acids is 1. The number of hydrogen-bond donors (Lipinski definition) is 2. The van der Waals surface area contributed by atoms with Crippen molar-refractivity contribution in [2.45, 2.75) is 13.0 Å². The Hall–Kier alpha value is -2.11. The molecule has 2 N–H and O–H groups in total. The van der Waals surface area contributed by atoms with Gasteiger partial charge in [-0.15, -0.1) is 0 Å². The van der Waals surface area contributed by atoms with Crippen LogP contribution in [0.1, 0.15) is 18.5 Å². The fourth-order valence-corrected chi connectivity index (χ4v) is 2.04. The van der Waals surface area contributed by atoms with Crippen molar-refractivity contribution < 1.29 is 19.1 Å². The van der Waals surface area contributed by atoms with Gasteiger partial charge in [-0.2, -0.15) is 0 Å². The number of hydrogen-bond acceptors (Lipinski definition) is 2. The van der Waals surface area contributed by atoms with E-state index in [0.29, 0.717) is 6.54 Å². The summed E-state index contributed by atoms with van der Waals surface area (Å²) in [7, 11) is 0. The molecule has 1 fully saturated rings. The molecule has 0 aliphatic carbocycles. The molecule has 1 aliphatic heterocycles. The van der Waals surface area contributed by atoms with Crippen LogP contribution < -0.4 is 5.32 Å². The van der Waals surface area contributed by atoms with Gasteiger partial charge in [0.25, 0.3) is 0 Å². The van der Waals surface area contributed by atoms with Crippen LogP contribution >= 0.6 is 0 Å². The first-order chi connectivity index (χ1) is 8.97. The Balaban J connectivity index is 2.03. The molecule has 6 heteroatoms. The highest BCUT2D eigenvalue weighted by Gasteiger charge is 2.31. The highest BCUT2D eigenvalue weighted by atomic mass is 19.1. The van der Waals surface area contributed by atoms with E-state index >= 15 is 0 Å². The van der Waals surface area contributed by atoms with Crippen LogP contribution in [-0.2, 0) is 4.79 Å². The van der Waals surface area contributed by atoms with E-state index in [1.165, 1.54) is 17.0 Å². The van der Waals surface area contributed by atoms with Gasteiger partial charge >= 0.3 is 12.0 Å². The third-order valence-electron chi connectivity index (χ3n) is 3.18. The fraction of sp³-hybridized carbons (Fsp3) is 0.385. The Kier molecular flexibility index (Phi) is 3.69. The van der Waals surface area contributed by atoms with Crippen molar-refractivity contribution in [2.24, 2.45) is 5.92 Å². The molecule has 2 atom stereocenters. The predicted molar refractivity (Wildman–Crippen MR) is 66.0 cm³/mol. The van der Waals surface area contributed by atoms with Crippen LogP contribution in [0.3, 0.4) is 0 Å². The normalized spacial score (nSPS) is 20.2. The van der Waals surface area contributed by atoms with Gasteiger partial charge in [-0.1, -0.05) is 19.1 Å². The number of carbonyl (C=O) groups excluding carboxylic acids is 1. The third kappa shape index (κ3) is 3.01. The lowest BCUT2D eigenvalue weighted by Gasteiger charge is -2.17. The van der Waals surface area contributed by atoms with E-state index in [1.807, 2.05) is 0 Å². The highest BCUT2D eigenvalue weighted by molar-refractivity contribution is 5.78. The summed E-state index contributed by atoms with van der Waals surface area (Å²) in [4.78, 5) is 24.0. The molecule has 1 aliphatic rings. The maximum absolute atomic E-state index is 12.8. The van der Waals surface area contributed by atoms with Gasteiger partial charge < -0.3 is 15.3 Å². The number of halogens is 1. The molecule has 2 unspecified atom stereocenters. The first-order valence-electron chi connectivity index (χ1n) is 6.01. The first-order valence-corrected chi connectivity index (χ1v) is 6.01. The number of rotatable bonds is 4. The Morgan fingerprint density at radius 1 is 1.53 bits per heavy atom. The molecule has 1 aromatic rings. The van der Waals surface area contributed by atoms with Crippen LogP contribution in [0.4, 0.5) is 9.18 Å². The molecule has 5 nitrogen and oxygen atoms in total. The van der Waals surface area contributed by atoms with E-state index in [0.717, 1.165) is 5.56 Å². The van der Waals surface area contributed by atoms with Crippen LogP contribution in [0.15, 0.2) is 24.3 Å². The largest absolute Gasteiger partial charge is 0.481 e. The summed E-state index contributed by atoms with van der Waals surface area (Å²) in [6, 6.07) is 5.39. The molecule has 1 aromatic carbocycles.